The van der Waals surface area contributed by atoms with Crippen LogP contribution in [-0.4, -0.2) is 8.42 Å². The first-order chi connectivity index (χ1) is 10.3. The summed E-state index contributed by atoms with van der Waals surface area (Å²) in [5.41, 5.74) is 7.19. The molecule has 0 amide bonds. The number of nitrogens with zero attached hydrogens (tertiary/aromatic N) is 3. The Balaban J connectivity index is 2.64. The third kappa shape index (κ3) is 3.05. The minimum Gasteiger partial charge on any atom is -0.219 e. The standard InChI is InChI=1S/C13H8F3N3O2S/c14-13(15,16)9-4-3-5-10(8-9)22(20,21)12-7-2-1-6-11(12)18-19-17/h1-8H. The van der Waals surface area contributed by atoms with Crippen molar-refractivity contribution in [3.63, 3.8) is 0 Å². The maximum Gasteiger partial charge on any atom is 0.416 e. The van der Waals surface area contributed by atoms with Crippen molar-refractivity contribution in [2.75, 3.05) is 0 Å². The quantitative estimate of drug-likeness (QED) is 0.473. The Morgan fingerprint density at radius 1 is 1.05 bits per heavy atom. The number of alkyl halides is 3. The highest BCUT2D eigenvalue weighted by Crippen LogP contribution is 2.34. The summed E-state index contributed by atoms with van der Waals surface area (Å²) < 4.78 is 63.0. The van der Waals surface area contributed by atoms with Crippen molar-refractivity contribution in [2.45, 2.75) is 16.0 Å². The molecule has 0 aliphatic heterocycles. The fourth-order valence-corrected chi connectivity index (χ4v) is 3.22. The zero-order valence-corrected chi connectivity index (χ0v) is 11.6. The summed E-state index contributed by atoms with van der Waals surface area (Å²) in [6, 6.07) is 8.65. The van der Waals surface area contributed by atoms with Crippen LogP contribution >= 0.6 is 0 Å². The van der Waals surface area contributed by atoms with E-state index in [1.54, 1.807) is 0 Å². The van der Waals surface area contributed by atoms with Crippen LogP contribution in [0.15, 0.2) is 63.4 Å². The molecule has 2 aromatic rings. The van der Waals surface area contributed by atoms with Gasteiger partial charge in [0.25, 0.3) is 0 Å². The van der Waals surface area contributed by atoms with Crippen molar-refractivity contribution >= 4 is 15.5 Å². The van der Waals surface area contributed by atoms with Crippen molar-refractivity contribution in [1.29, 1.82) is 0 Å². The maximum absolute atomic E-state index is 12.7. The summed E-state index contributed by atoms with van der Waals surface area (Å²) >= 11 is 0. The second kappa shape index (κ2) is 5.70. The lowest BCUT2D eigenvalue weighted by atomic mass is 10.2. The highest BCUT2D eigenvalue weighted by Gasteiger charge is 2.32. The lowest BCUT2D eigenvalue weighted by Gasteiger charge is -2.10. The molecule has 0 aliphatic carbocycles. The number of sulfone groups is 1. The molecule has 0 aromatic heterocycles. The highest BCUT2D eigenvalue weighted by molar-refractivity contribution is 7.91. The minimum absolute atomic E-state index is 0.178. The molecule has 2 rings (SSSR count). The zero-order chi connectivity index (χ0) is 16.4. The zero-order valence-electron chi connectivity index (χ0n) is 10.8. The van der Waals surface area contributed by atoms with Gasteiger partial charge < -0.3 is 0 Å². The molecule has 0 aliphatic rings. The molecule has 0 radical (unpaired) electrons. The van der Waals surface area contributed by atoms with Crippen molar-refractivity contribution in [3.8, 4) is 0 Å². The Kier molecular flexibility index (Phi) is 4.11. The van der Waals surface area contributed by atoms with Crippen LogP contribution in [0.2, 0.25) is 0 Å². The average molecular weight is 327 g/mol. The lowest BCUT2D eigenvalue weighted by Crippen LogP contribution is -2.08. The van der Waals surface area contributed by atoms with Crippen LogP contribution in [-0.2, 0) is 16.0 Å². The van der Waals surface area contributed by atoms with Crippen LogP contribution in [0.25, 0.3) is 10.4 Å². The highest BCUT2D eigenvalue weighted by atomic mass is 32.2. The molecular formula is C13H8F3N3O2S. The third-order valence-electron chi connectivity index (χ3n) is 2.78. The van der Waals surface area contributed by atoms with Crippen molar-refractivity contribution in [3.05, 3.63) is 64.5 Å². The molecule has 0 saturated heterocycles. The summed E-state index contributed by atoms with van der Waals surface area (Å²) in [4.78, 5) is 1.63. The SMILES string of the molecule is [N-]=[N+]=Nc1ccccc1S(=O)(=O)c1cccc(C(F)(F)F)c1. The van der Waals surface area contributed by atoms with E-state index in [0.29, 0.717) is 6.07 Å². The lowest BCUT2D eigenvalue weighted by molar-refractivity contribution is -0.137. The molecule has 0 N–H and O–H groups in total. The molecule has 5 nitrogen and oxygen atoms in total. The van der Waals surface area contributed by atoms with Gasteiger partial charge >= 0.3 is 6.18 Å². The van der Waals surface area contributed by atoms with Crippen LogP contribution in [0.5, 0.6) is 0 Å². The summed E-state index contributed by atoms with van der Waals surface area (Å²) in [6.07, 6.45) is -4.66. The Labute approximate surface area is 123 Å². The fraction of sp³-hybridized carbons (Fsp3) is 0.0769. The summed E-state index contributed by atoms with van der Waals surface area (Å²) in [7, 11) is -4.24. The number of hydrogen-bond acceptors (Lipinski definition) is 3. The monoisotopic (exact) mass is 327 g/mol. The first kappa shape index (κ1) is 15.9. The Morgan fingerprint density at radius 2 is 1.73 bits per heavy atom. The predicted molar refractivity (Wildman–Crippen MR) is 72.1 cm³/mol. The van der Waals surface area contributed by atoms with Gasteiger partial charge in [0.15, 0.2) is 0 Å². The number of halogens is 3. The molecular weight excluding hydrogens is 319 g/mol. The summed E-state index contributed by atoms with van der Waals surface area (Å²) in [6.45, 7) is 0. The van der Waals surface area contributed by atoms with Crippen LogP contribution in [0.4, 0.5) is 18.9 Å². The van der Waals surface area contributed by atoms with E-state index < -0.39 is 26.5 Å². The summed E-state index contributed by atoms with van der Waals surface area (Å²) in [5.74, 6) is 0. The van der Waals surface area contributed by atoms with Gasteiger partial charge in [-0.2, -0.15) is 13.2 Å². The van der Waals surface area contributed by atoms with E-state index in [1.807, 2.05) is 0 Å². The topological polar surface area (TPSA) is 82.9 Å². The van der Waals surface area contributed by atoms with Crippen LogP contribution in [0, 0.1) is 0 Å². The van der Waals surface area contributed by atoms with Crippen LogP contribution in [0.3, 0.4) is 0 Å². The number of rotatable bonds is 3. The molecule has 0 saturated carbocycles. The van der Waals surface area contributed by atoms with Gasteiger partial charge in [-0.05, 0) is 29.8 Å². The molecule has 2 aromatic carbocycles. The second-order valence-corrected chi connectivity index (χ2v) is 6.10. The van der Waals surface area contributed by atoms with E-state index in [1.165, 1.54) is 24.3 Å². The van der Waals surface area contributed by atoms with Gasteiger partial charge in [-0.25, -0.2) is 8.42 Å². The molecule has 0 atom stereocenters. The Hall–Kier alpha value is -2.51. The van der Waals surface area contributed by atoms with Crippen molar-refractivity contribution in [2.24, 2.45) is 5.11 Å². The van der Waals surface area contributed by atoms with Gasteiger partial charge in [0.05, 0.1) is 21.0 Å². The molecule has 0 fully saturated rings. The van der Waals surface area contributed by atoms with Gasteiger partial charge in [0, 0.05) is 4.91 Å². The van der Waals surface area contributed by atoms with E-state index in [4.69, 9.17) is 5.53 Å². The van der Waals surface area contributed by atoms with E-state index in [9.17, 15) is 21.6 Å². The predicted octanol–water partition coefficient (Wildman–Crippen LogP) is 4.48. The normalized spacial score (nSPS) is 11.8. The second-order valence-electron chi connectivity index (χ2n) is 4.19. The van der Waals surface area contributed by atoms with E-state index in [-0.39, 0.29) is 10.6 Å². The van der Waals surface area contributed by atoms with Crippen LogP contribution < -0.4 is 0 Å². The molecule has 0 unspecified atom stereocenters. The van der Waals surface area contributed by atoms with Gasteiger partial charge in [-0.3, -0.25) is 0 Å². The van der Waals surface area contributed by atoms with Gasteiger partial charge in [0.1, 0.15) is 0 Å². The summed E-state index contributed by atoms with van der Waals surface area (Å²) in [5, 5.41) is 3.25. The smallest absolute Gasteiger partial charge is 0.219 e. The van der Waals surface area contributed by atoms with Gasteiger partial charge in [-0.1, -0.05) is 29.4 Å². The maximum atomic E-state index is 12.7. The van der Waals surface area contributed by atoms with E-state index in [0.717, 1.165) is 18.2 Å². The average Bonchev–Trinajstić information content (AvgIpc) is 2.47. The molecule has 0 bridgehead atoms. The molecule has 0 spiro atoms. The Bertz CT molecular complexity index is 857. The molecule has 0 heterocycles. The third-order valence-corrected chi connectivity index (χ3v) is 4.58. The fourth-order valence-electron chi connectivity index (χ4n) is 1.78. The molecule has 9 heteroatoms. The first-order valence-electron chi connectivity index (χ1n) is 5.83. The number of benzene rings is 2. The first-order valence-corrected chi connectivity index (χ1v) is 7.31. The number of azide groups is 1. The largest absolute Gasteiger partial charge is 0.416 e. The van der Waals surface area contributed by atoms with Gasteiger partial charge in [0.2, 0.25) is 9.84 Å². The van der Waals surface area contributed by atoms with Gasteiger partial charge in [-0.15, -0.1) is 0 Å². The van der Waals surface area contributed by atoms with Crippen LogP contribution in [0.1, 0.15) is 5.56 Å². The number of hydrogen-bond donors (Lipinski definition) is 0. The minimum atomic E-state index is -4.66. The Morgan fingerprint density at radius 3 is 2.36 bits per heavy atom. The van der Waals surface area contributed by atoms with E-state index >= 15 is 0 Å². The van der Waals surface area contributed by atoms with E-state index in [2.05, 4.69) is 10.0 Å². The van der Waals surface area contributed by atoms with Crippen molar-refractivity contribution in [1.82, 2.24) is 0 Å². The molecule has 114 valence electrons. The van der Waals surface area contributed by atoms with Crippen molar-refractivity contribution < 1.29 is 21.6 Å². The molecule has 22 heavy (non-hydrogen) atoms.